The third-order valence-electron chi connectivity index (χ3n) is 5.89. The molecule has 0 spiro atoms. The zero-order valence-electron chi connectivity index (χ0n) is 19.7. The molecule has 0 bridgehead atoms. The quantitative estimate of drug-likeness (QED) is 0.298. The Morgan fingerprint density at radius 3 is 2.74 bits per heavy atom. The van der Waals surface area contributed by atoms with E-state index in [1.807, 2.05) is 50.2 Å². The van der Waals surface area contributed by atoms with E-state index in [-0.39, 0.29) is 24.2 Å². The van der Waals surface area contributed by atoms with Gasteiger partial charge in [-0.05, 0) is 85.2 Å². The van der Waals surface area contributed by atoms with Gasteiger partial charge in [-0.25, -0.2) is 4.98 Å². The number of aromatic nitrogens is 3. The summed E-state index contributed by atoms with van der Waals surface area (Å²) >= 11 is 0. The van der Waals surface area contributed by atoms with Crippen LogP contribution in [-0.4, -0.2) is 45.1 Å². The number of benzene rings is 1. The van der Waals surface area contributed by atoms with Crippen LogP contribution >= 0.6 is 0 Å². The molecule has 35 heavy (non-hydrogen) atoms. The van der Waals surface area contributed by atoms with E-state index in [2.05, 4.69) is 25.8 Å². The number of nitrogens with one attached hydrogen (secondary N) is 3. The first-order valence-electron chi connectivity index (χ1n) is 11.5. The summed E-state index contributed by atoms with van der Waals surface area (Å²) in [6.07, 6.45) is 6.44. The van der Waals surface area contributed by atoms with Crippen molar-refractivity contribution < 1.29 is 9.90 Å². The number of nitrogens with zero attached hydrogens (tertiary/aromatic N) is 3. The Labute approximate surface area is 204 Å². The molecule has 1 aliphatic rings. The van der Waals surface area contributed by atoms with E-state index < -0.39 is 0 Å². The summed E-state index contributed by atoms with van der Waals surface area (Å²) in [5, 5.41) is 31.2. The molecule has 9 heteroatoms. The molecule has 1 amide bonds. The average molecular weight is 472 g/mol. The molecule has 0 saturated heterocycles. The number of rotatable bonds is 9. The van der Waals surface area contributed by atoms with Crippen LogP contribution in [0.15, 0.2) is 48.8 Å². The average Bonchev–Trinajstić information content (AvgIpc) is 3.71. The molecule has 2 aromatic heterocycles. The molecule has 0 radical (unpaired) electrons. The molecular weight excluding hydrogens is 442 g/mol. The summed E-state index contributed by atoms with van der Waals surface area (Å²) in [5.74, 6) is 0.705. The lowest BCUT2D eigenvalue weighted by Gasteiger charge is -2.16. The lowest BCUT2D eigenvalue weighted by molar-refractivity contribution is 0.102. The lowest BCUT2D eigenvalue weighted by atomic mass is 9.98. The molecule has 3 aromatic rings. The van der Waals surface area contributed by atoms with Crippen molar-refractivity contribution in [2.45, 2.75) is 38.6 Å². The first-order valence-corrected chi connectivity index (χ1v) is 11.5. The van der Waals surface area contributed by atoms with Gasteiger partial charge in [-0.3, -0.25) is 4.79 Å². The minimum absolute atomic E-state index is 0.0588. The number of aliphatic hydroxyl groups is 1. The van der Waals surface area contributed by atoms with Crippen molar-refractivity contribution in [3.8, 4) is 11.1 Å². The first-order chi connectivity index (χ1) is 16.9. The maximum absolute atomic E-state index is 12.9. The summed E-state index contributed by atoms with van der Waals surface area (Å²) in [4.78, 5) is 17.4. The van der Waals surface area contributed by atoms with Crippen LogP contribution in [0.2, 0.25) is 0 Å². The molecule has 1 aliphatic carbocycles. The predicted octanol–water partition coefficient (Wildman–Crippen LogP) is 3.72. The van der Waals surface area contributed by atoms with Gasteiger partial charge in [0.05, 0.1) is 18.5 Å². The van der Waals surface area contributed by atoms with Crippen LogP contribution in [-0.2, 0) is 0 Å². The van der Waals surface area contributed by atoms with Crippen LogP contribution in [0.4, 0.5) is 11.5 Å². The van der Waals surface area contributed by atoms with Gasteiger partial charge in [0, 0.05) is 29.7 Å². The predicted molar refractivity (Wildman–Crippen MR) is 137 cm³/mol. The van der Waals surface area contributed by atoms with Crippen molar-refractivity contribution in [3.05, 3.63) is 71.3 Å². The molecule has 2 heterocycles. The number of hydrogen-bond acceptors (Lipinski definition) is 8. The fraction of sp³-hybridized carbons (Fsp3) is 0.269. The second kappa shape index (κ2) is 10.4. The number of nitrogens with two attached hydrogens (primary N) is 1. The maximum atomic E-state index is 12.9. The highest BCUT2D eigenvalue weighted by Crippen LogP contribution is 2.39. The van der Waals surface area contributed by atoms with E-state index in [4.69, 9.17) is 11.1 Å². The number of carbonyl (C=O) groups is 1. The number of amides is 1. The van der Waals surface area contributed by atoms with Gasteiger partial charge in [0.2, 0.25) is 0 Å². The van der Waals surface area contributed by atoms with Gasteiger partial charge in [0.1, 0.15) is 5.82 Å². The van der Waals surface area contributed by atoms with Crippen molar-refractivity contribution in [1.82, 2.24) is 15.2 Å². The van der Waals surface area contributed by atoms with Crippen LogP contribution in [0.1, 0.15) is 53.0 Å². The SMILES string of the molecule is Cc1ccc(NC(=O)c2cc(C3CC3)cnn2)cc1-c1cc(NC(C)CO)nc(/C(C=N)=C/N)c1. The summed E-state index contributed by atoms with van der Waals surface area (Å²) in [7, 11) is 0. The lowest BCUT2D eigenvalue weighted by Crippen LogP contribution is -2.20. The highest BCUT2D eigenvalue weighted by Gasteiger charge is 2.25. The number of hydrogen-bond donors (Lipinski definition) is 5. The topological polar surface area (TPSA) is 150 Å². The van der Waals surface area contributed by atoms with Gasteiger partial charge in [-0.2, -0.15) is 5.10 Å². The molecule has 1 fully saturated rings. The van der Waals surface area contributed by atoms with Gasteiger partial charge in [0.15, 0.2) is 5.69 Å². The van der Waals surface area contributed by atoms with Crippen molar-refractivity contribution >= 4 is 29.2 Å². The summed E-state index contributed by atoms with van der Waals surface area (Å²) < 4.78 is 0. The van der Waals surface area contributed by atoms with Crippen molar-refractivity contribution in [2.24, 2.45) is 5.73 Å². The Morgan fingerprint density at radius 2 is 2.06 bits per heavy atom. The molecule has 1 atom stereocenters. The molecule has 180 valence electrons. The van der Waals surface area contributed by atoms with Gasteiger partial charge >= 0.3 is 0 Å². The second-order valence-electron chi connectivity index (χ2n) is 8.75. The molecule has 1 unspecified atom stereocenters. The highest BCUT2D eigenvalue weighted by atomic mass is 16.3. The molecule has 9 nitrogen and oxygen atoms in total. The van der Waals surface area contributed by atoms with Crippen molar-refractivity contribution in [3.63, 3.8) is 0 Å². The van der Waals surface area contributed by atoms with Crippen LogP contribution in [0.5, 0.6) is 0 Å². The smallest absolute Gasteiger partial charge is 0.276 e. The summed E-state index contributed by atoms with van der Waals surface area (Å²) in [5.41, 5.74) is 11.3. The monoisotopic (exact) mass is 471 g/mol. The highest BCUT2D eigenvalue weighted by molar-refractivity contribution is 6.08. The van der Waals surface area contributed by atoms with E-state index in [0.717, 1.165) is 41.3 Å². The molecule has 6 N–H and O–H groups in total. The Hall–Kier alpha value is -4.11. The Morgan fingerprint density at radius 1 is 1.26 bits per heavy atom. The van der Waals surface area contributed by atoms with E-state index >= 15 is 0 Å². The van der Waals surface area contributed by atoms with Crippen LogP contribution in [0.3, 0.4) is 0 Å². The van der Waals surface area contributed by atoms with Gasteiger partial charge < -0.3 is 26.9 Å². The number of aliphatic hydroxyl groups excluding tert-OH is 1. The Balaban J connectivity index is 1.67. The number of aryl methyl sites for hydroxylation is 1. The van der Waals surface area contributed by atoms with E-state index in [1.165, 1.54) is 6.20 Å². The van der Waals surface area contributed by atoms with Gasteiger partial charge in [0.25, 0.3) is 5.91 Å². The summed E-state index contributed by atoms with van der Waals surface area (Å²) in [6.45, 7) is 3.76. The minimum Gasteiger partial charge on any atom is -0.404 e. The number of anilines is 2. The minimum atomic E-state index is -0.318. The molecule has 1 aromatic carbocycles. The van der Waals surface area contributed by atoms with Crippen LogP contribution in [0, 0.1) is 12.3 Å². The third-order valence-corrected chi connectivity index (χ3v) is 5.89. The number of allylic oxidation sites excluding steroid dienone is 1. The van der Waals surface area contributed by atoms with E-state index in [9.17, 15) is 9.90 Å². The zero-order chi connectivity index (χ0) is 24.9. The normalized spacial score (nSPS) is 14.3. The second-order valence-corrected chi connectivity index (χ2v) is 8.75. The Kier molecular flexibility index (Phi) is 7.17. The third kappa shape index (κ3) is 5.70. The molecule has 1 saturated carbocycles. The molecule has 0 aliphatic heterocycles. The fourth-order valence-electron chi connectivity index (χ4n) is 3.75. The van der Waals surface area contributed by atoms with Gasteiger partial charge in [-0.1, -0.05) is 6.07 Å². The summed E-state index contributed by atoms with van der Waals surface area (Å²) in [6, 6.07) is 11.0. The zero-order valence-corrected chi connectivity index (χ0v) is 19.7. The number of carbonyl (C=O) groups excluding carboxylic acids is 1. The standard InChI is InChI=1S/C26H29N7O2/c1-15-3-6-21(31-26(35)24-8-19(13-29-33-24)17-4-5-17)10-22(15)18-7-23(20(11-27)12-28)32-25(9-18)30-16(2)14-34/h3,6-13,16-17,27,34H,4-5,14,28H2,1-2H3,(H,30,32)(H,31,35)/b20-12+,27-11?. The van der Waals surface area contributed by atoms with E-state index in [0.29, 0.717) is 28.7 Å². The number of pyridine rings is 1. The largest absolute Gasteiger partial charge is 0.404 e. The van der Waals surface area contributed by atoms with E-state index in [1.54, 1.807) is 6.20 Å². The molecular formula is C26H29N7O2. The van der Waals surface area contributed by atoms with Gasteiger partial charge in [-0.15, -0.1) is 5.10 Å². The van der Waals surface area contributed by atoms with Crippen LogP contribution < -0.4 is 16.4 Å². The first kappa shape index (κ1) is 24.0. The van der Waals surface area contributed by atoms with Crippen molar-refractivity contribution in [2.75, 3.05) is 17.2 Å². The van der Waals surface area contributed by atoms with Crippen molar-refractivity contribution in [1.29, 1.82) is 5.41 Å². The fourth-order valence-corrected chi connectivity index (χ4v) is 3.75. The Bertz CT molecular complexity index is 1280. The maximum Gasteiger partial charge on any atom is 0.276 e. The van der Waals surface area contributed by atoms with Crippen LogP contribution in [0.25, 0.3) is 16.7 Å². The molecule has 4 rings (SSSR count).